The Kier molecular flexibility index (Phi) is 5.44. The minimum absolute atomic E-state index is 0.348. The molecule has 1 atom stereocenters. The van der Waals surface area contributed by atoms with E-state index < -0.39 is 11.7 Å². The van der Waals surface area contributed by atoms with Crippen LogP contribution in [-0.2, 0) is 0 Å². The number of rotatable bonds is 6. The number of hydrogen-bond acceptors (Lipinski definition) is 3. The number of hydrogen-bond donors (Lipinski definition) is 2. The zero-order chi connectivity index (χ0) is 14.4. The molecule has 20 heavy (non-hydrogen) atoms. The van der Waals surface area contributed by atoms with Crippen molar-refractivity contribution in [3.63, 3.8) is 0 Å². The van der Waals surface area contributed by atoms with Gasteiger partial charge in [0.2, 0.25) is 0 Å². The molecule has 0 amide bonds. The lowest BCUT2D eigenvalue weighted by Gasteiger charge is -2.31. The van der Waals surface area contributed by atoms with Gasteiger partial charge in [-0.1, -0.05) is 44.7 Å². The van der Waals surface area contributed by atoms with Gasteiger partial charge in [-0.15, -0.1) is 0 Å². The standard InChI is InChI=1S/C17H26O3/c1-2-7-16(18)14-8-6-9-15(12-14)20-13-17(19)10-4-3-5-11-17/h6,8-9,12,16,18-19H,2-5,7,10-11,13H2,1H3/t16-/m1/s1. The van der Waals surface area contributed by atoms with Crippen molar-refractivity contribution in [2.24, 2.45) is 0 Å². The summed E-state index contributed by atoms with van der Waals surface area (Å²) in [6, 6.07) is 7.58. The molecular weight excluding hydrogens is 252 g/mol. The van der Waals surface area contributed by atoms with Crippen molar-refractivity contribution in [3.05, 3.63) is 29.8 Å². The van der Waals surface area contributed by atoms with Crippen LogP contribution in [0.3, 0.4) is 0 Å². The fourth-order valence-corrected chi connectivity index (χ4v) is 2.82. The van der Waals surface area contributed by atoms with Crippen LogP contribution in [0.5, 0.6) is 5.75 Å². The Morgan fingerprint density at radius 1 is 1.25 bits per heavy atom. The van der Waals surface area contributed by atoms with Crippen molar-refractivity contribution in [1.29, 1.82) is 0 Å². The highest BCUT2D eigenvalue weighted by molar-refractivity contribution is 5.30. The summed E-state index contributed by atoms with van der Waals surface area (Å²) < 4.78 is 5.76. The molecule has 1 aromatic rings. The number of ether oxygens (including phenoxy) is 1. The molecule has 0 radical (unpaired) electrons. The molecule has 112 valence electrons. The van der Waals surface area contributed by atoms with E-state index in [-0.39, 0.29) is 0 Å². The van der Waals surface area contributed by atoms with Crippen LogP contribution in [0.25, 0.3) is 0 Å². The molecule has 0 heterocycles. The molecule has 0 bridgehead atoms. The molecule has 2 rings (SSSR count). The van der Waals surface area contributed by atoms with Crippen molar-refractivity contribution < 1.29 is 14.9 Å². The van der Waals surface area contributed by atoms with Crippen LogP contribution in [0, 0.1) is 0 Å². The topological polar surface area (TPSA) is 49.7 Å². The van der Waals surface area contributed by atoms with Crippen LogP contribution in [0.4, 0.5) is 0 Å². The van der Waals surface area contributed by atoms with Gasteiger partial charge >= 0.3 is 0 Å². The lowest BCUT2D eigenvalue weighted by Crippen LogP contribution is -2.37. The zero-order valence-corrected chi connectivity index (χ0v) is 12.3. The zero-order valence-electron chi connectivity index (χ0n) is 12.3. The third-order valence-corrected chi connectivity index (χ3v) is 4.10. The van der Waals surface area contributed by atoms with Gasteiger partial charge in [-0.25, -0.2) is 0 Å². The van der Waals surface area contributed by atoms with Crippen molar-refractivity contribution in [2.75, 3.05) is 6.61 Å². The van der Waals surface area contributed by atoms with E-state index in [1.54, 1.807) is 0 Å². The first-order chi connectivity index (χ1) is 9.63. The smallest absolute Gasteiger partial charge is 0.119 e. The van der Waals surface area contributed by atoms with Crippen molar-refractivity contribution in [2.45, 2.75) is 63.6 Å². The van der Waals surface area contributed by atoms with Gasteiger partial charge in [0.1, 0.15) is 12.4 Å². The van der Waals surface area contributed by atoms with Crippen LogP contribution in [-0.4, -0.2) is 22.4 Å². The van der Waals surface area contributed by atoms with Crippen LogP contribution in [0.2, 0.25) is 0 Å². The number of aliphatic hydroxyl groups is 2. The SMILES string of the molecule is CCC[C@@H](O)c1cccc(OCC2(O)CCCCC2)c1. The van der Waals surface area contributed by atoms with Crippen LogP contribution >= 0.6 is 0 Å². The van der Waals surface area contributed by atoms with E-state index in [0.29, 0.717) is 6.61 Å². The summed E-state index contributed by atoms with van der Waals surface area (Å²) >= 11 is 0. The van der Waals surface area contributed by atoms with E-state index in [4.69, 9.17) is 4.74 Å². The fourth-order valence-electron chi connectivity index (χ4n) is 2.82. The van der Waals surface area contributed by atoms with Gasteiger partial charge < -0.3 is 14.9 Å². The Balaban J connectivity index is 1.94. The average Bonchev–Trinajstić information content (AvgIpc) is 2.47. The Labute approximate surface area is 121 Å². The molecule has 2 N–H and O–H groups in total. The van der Waals surface area contributed by atoms with Crippen LogP contribution in [0.1, 0.15) is 63.5 Å². The van der Waals surface area contributed by atoms with E-state index >= 15 is 0 Å². The first kappa shape index (κ1) is 15.3. The van der Waals surface area contributed by atoms with Gasteiger partial charge in [-0.2, -0.15) is 0 Å². The Hall–Kier alpha value is -1.06. The maximum atomic E-state index is 10.4. The van der Waals surface area contributed by atoms with Crippen molar-refractivity contribution in [3.8, 4) is 5.75 Å². The van der Waals surface area contributed by atoms with E-state index in [1.165, 1.54) is 6.42 Å². The van der Waals surface area contributed by atoms with Gasteiger partial charge in [0, 0.05) is 0 Å². The maximum Gasteiger partial charge on any atom is 0.119 e. The van der Waals surface area contributed by atoms with Gasteiger partial charge in [-0.05, 0) is 37.0 Å². The van der Waals surface area contributed by atoms with Gasteiger partial charge in [-0.3, -0.25) is 0 Å². The third-order valence-electron chi connectivity index (χ3n) is 4.10. The number of benzene rings is 1. The molecule has 3 nitrogen and oxygen atoms in total. The molecule has 0 aliphatic heterocycles. The second kappa shape index (κ2) is 7.09. The predicted octanol–water partition coefficient (Wildman–Crippen LogP) is 3.59. The van der Waals surface area contributed by atoms with Crippen molar-refractivity contribution in [1.82, 2.24) is 0 Å². The normalized spacial score (nSPS) is 19.6. The van der Waals surface area contributed by atoms with Crippen molar-refractivity contribution >= 4 is 0 Å². The molecule has 1 fully saturated rings. The van der Waals surface area contributed by atoms with Crippen LogP contribution < -0.4 is 4.74 Å². The summed E-state index contributed by atoms with van der Waals surface area (Å²) in [6.07, 6.45) is 6.29. The fraction of sp³-hybridized carbons (Fsp3) is 0.647. The van der Waals surface area contributed by atoms with E-state index in [9.17, 15) is 10.2 Å². The Morgan fingerprint density at radius 3 is 2.70 bits per heavy atom. The minimum atomic E-state index is -0.670. The van der Waals surface area contributed by atoms with Gasteiger partial charge in [0.05, 0.1) is 11.7 Å². The Morgan fingerprint density at radius 2 is 2.00 bits per heavy atom. The monoisotopic (exact) mass is 278 g/mol. The highest BCUT2D eigenvalue weighted by atomic mass is 16.5. The molecule has 1 aromatic carbocycles. The molecule has 0 spiro atoms. The highest BCUT2D eigenvalue weighted by Crippen LogP contribution is 2.29. The minimum Gasteiger partial charge on any atom is -0.491 e. The summed E-state index contributed by atoms with van der Waals surface area (Å²) in [5.74, 6) is 0.733. The van der Waals surface area contributed by atoms with E-state index in [2.05, 4.69) is 6.92 Å². The van der Waals surface area contributed by atoms with Gasteiger partial charge in [0.25, 0.3) is 0 Å². The van der Waals surface area contributed by atoms with Gasteiger partial charge in [0.15, 0.2) is 0 Å². The molecule has 1 aliphatic rings. The molecule has 0 unspecified atom stereocenters. The maximum absolute atomic E-state index is 10.4. The predicted molar refractivity (Wildman–Crippen MR) is 79.8 cm³/mol. The lowest BCUT2D eigenvalue weighted by atomic mass is 9.85. The number of aliphatic hydroxyl groups excluding tert-OH is 1. The molecular formula is C17H26O3. The molecule has 0 saturated heterocycles. The quantitative estimate of drug-likeness (QED) is 0.836. The summed E-state index contributed by atoms with van der Waals surface area (Å²) in [4.78, 5) is 0. The largest absolute Gasteiger partial charge is 0.491 e. The molecule has 0 aromatic heterocycles. The third kappa shape index (κ3) is 4.22. The average molecular weight is 278 g/mol. The first-order valence-corrected chi connectivity index (χ1v) is 7.76. The summed E-state index contributed by atoms with van der Waals surface area (Å²) in [7, 11) is 0. The lowest BCUT2D eigenvalue weighted by molar-refractivity contribution is -0.0339. The van der Waals surface area contributed by atoms with E-state index in [1.807, 2.05) is 24.3 Å². The second-order valence-electron chi connectivity index (χ2n) is 5.95. The highest BCUT2D eigenvalue weighted by Gasteiger charge is 2.29. The second-order valence-corrected chi connectivity index (χ2v) is 5.95. The molecule has 1 saturated carbocycles. The summed E-state index contributed by atoms with van der Waals surface area (Å²) in [5.41, 5.74) is 0.219. The summed E-state index contributed by atoms with van der Waals surface area (Å²) in [6.45, 7) is 2.41. The summed E-state index contributed by atoms with van der Waals surface area (Å²) in [5, 5.41) is 20.4. The molecule has 3 heteroatoms. The van der Waals surface area contributed by atoms with E-state index in [0.717, 1.165) is 49.8 Å². The first-order valence-electron chi connectivity index (χ1n) is 7.76. The molecule has 1 aliphatic carbocycles. The Bertz CT molecular complexity index is 410. The van der Waals surface area contributed by atoms with Crippen LogP contribution in [0.15, 0.2) is 24.3 Å².